The molecule has 6 heteroatoms. The first-order chi connectivity index (χ1) is 9.38. The van der Waals surface area contributed by atoms with Gasteiger partial charge in [-0.15, -0.1) is 11.3 Å². The normalized spacial score (nSPS) is 10.6. The molecule has 0 radical (unpaired) electrons. The molecule has 0 saturated heterocycles. The summed E-state index contributed by atoms with van der Waals surface area (Å²) in [5.74, 6) is -0.148. The van der Waals surface area contributed by atoms with Gasteiger partial charge in [-0.2, -0.15) is 0 Å². The molecule has 0 amide bonds. The highest BCUT2D eigenvalue weighted by Crippen LogP contribution is 2.42. The molecular weight excluding hydrogens is 294 g/mol. The summed E-state index contributed by atoms with van der Waals surface area (Å²) in [5, 5.41) is 11.1. The fourth-order valence-electron chi connectivity index (χ4n) is 1.75. The van der Waals surface area contributed by atoms with Gasteiger partial charge in [0.1, 0.15) is 4.21 Å². The average molecular weight is 307 g/mol. The van der Waals surface area contributed by atoms with Crippen molar-refractivity contribution in [3.05, 3.63) is 50.4 Å². The topological polar surface area (TPSA) is 60.2 Å². The van der Waals surface area contributed by atoms with Crippen LogP contribution in [-0.4, -0.2) is 10.7 Å². The van der Waals surface area contributed by atoms with Gasteiger partial charge in [0, 0.05) is 11.0 Å². The van der Waals surface area contributed by atoms with E-state index >= 15 is 0 Å². The van der Waals surface area contributed by atoms with Gasteiger partial charge in [0.15, 0.2) is 5.78 Å². The quantitative estimate of drug-likeness (QED) is 0.469. The predicted molar refractivity (Wildman–Crippen MR) is 81.0 cm³/mol. The molecule has 0 spiro atoms. The van der Waals surface area contributed by atoms with E-state index in [1.165, 1.54) is 36.1 Å². The van der Waals surface area contributed by atoms with Crippen molar-refractivity contribution in [3.8, 4) is 0 Å². The second-order valence-electron chi connectivity index (χ2n) is 4.47. The van der Waals surface area contributed by atoms with Crippen LogP contribution in [0.15, 0.2) is 33.4 Å². The summed E-state index contributed by atoms with van der Waals surface area (Å²) in [4.78, 5) is 23.4. The highest BCUT2D eigenvalue weighted by Gasteiger charge is 2.22. The molecule has 0 aliphatic heterocycles. The summed E-state index contributed by atoms with van der Waals surface area (Å²) < 4.78 is 0.548. The maximum Gasteiger partial charge on any atom is 0.294 e. The molecule has 0 saturated carbocycles. The number of carbonyl (C=O) groups is 1. The van der Waals surface area contributed by atoms with Crippen LogP contribution in [0.5, 0.6) is 0 Å². The predicted octanol–water partition coefficient (Wildman–Crippen LogP) is 4.63. The zero-order valence-corrected chi connectivity index (χ0v) is 12.9. The molecule has 1 aromatic heterocycles. The van der Waals surface area contributed by atoms with E-state index in [2.05, 4.69) is 0 Å². The molecule has 0 aliphatic carbocycles. The fraction of sp³-hybridized carbons (Fsp3) is 0.214. The number of thiophene rings is 1. The summed E-state index contributed by atoms with van der Waals surface area (Å²) in [6.45, 7) is 5.39. The second-order valence-corrected chi connectivity index (χ2v) is 6.83. The summed E-state index contributed by atoms with van der Waals surface area (Å²) in [7, 11) is 0. The molecule has 0 N–H and O–H groups in total. The molecule has 1 heterocycles. The van der Waals surface area contributed by atoms with Crippen molar-refractivity contribution < 1.29 is 9.72 Å². The molecule has 1 aromatic carbocycles. The smallest absolute Gasteiger partial charge is 0.294 e. The van der Waals surface area contributed by atoms with Crippen LogP contribution in [0.1, 0.15) is 27.7 Å². The Morgan fingerprint density at radius 1 is 1.30 bits per heavy atom. The van der Waals surface area contributed by atoms with Gasteiger partial charge in [-0.25, -0.2) is 0 Å². The molecule has 0 unspecified atom stereocenters. The first kappa shape index (κ1) is 14.7. The monoisotopic (exact) mass is 307 g/mol. The molecular formula is C14H13NO3S2. The van der Waals surface area contributed by atoms with Crippen LogP contribution in [0.3, 0.4) is 0 Å². The number of Topliss-reactive ketones (excluding diaryl/α,β-unsaturated/α-hetero) is 1. The Morgan fingerprint density at radius 3 is 2.55 bits per heavy atom. The van der Waals surface area contributed by atoms with E-state index in [1.54, 1.807) is 0 Å². The van der Waals surface area contributed by atoms with Crippen LogP contribution in [-0.2, 0) is 0 Å². The largest absolute Gasteiger partial charge is 0.294 e. The second kappa shape index (κ2) is 5.76. The van der Waals surface area contributed by atoms with Crippen LogP contribution in [0.2, 0.25) is 0 Å². The van der Waals surface area contributed by atoms with Gasteiger partial charge in [-0.3, -0.25) is 14.9 Å². The molecule has 0 bridgehead atoms. The highest BCUT2D eigenvalue weighted by molar-refractivity contribution is 8.01. The lowest BCUT2D eigenvalue weighted by Gasteiger charge is -2.04. The van der Waals surface area contributed by atoms with Gasteiger partial charge in [-0.05, 0) is 32.4 Å². The number of rotatable bonds is 4. The van der Waals surface area contributed by atoms with E-state index in [0.29, 0.717) is 9.09 Å². The minimum absolute atomic E-state index is 0.00479. The zero-order valence-electron chi connectivity index (χ0n) is 11.3. The van der Waals surface area contributed by atoms with Crippen LogP contribution < -0.4 is 0 Å². The molecule has 20 heavy (non-hydrogen) atoms. The number of carbonyl (C=O) groups excluding carboxylic acids is 1. The molecule has 104 valence electrons. The van der Waals surface area contributed by atoms with E-state index < -0.39 is 4.92 Å². The van der Waals surface area contributed by atoms with E-state index in [1.807, 2.05) is 32.0 Å². The maximum atomic E-state index is 11.4. The van der Waals surface area contributed by atoms with Gasteiger partial charge >= 0.3 is 0 Å². The number of hydrogen-bond acceptors (Lipinski definition) is 5. The summed E-state index contributed by atoms with van der Waals surface area (Å²) in [5.41, 5.74) is 2.23. The molecule has 0 atom stereocenters. The Labute approximate surface area is 125 Å². The SMILES string of the molecule is CC(=O)c1cc([N+](=O)[O-])c(Sc2ccc(C)cc2C)s1. The molecule has 2 rings (SSSR count). The fourth-order valence-corrected chi connectivity index (χ4v) is 4.00. The lowest BCUT2D eigenvalue weighted by molar-refractivity contribution is -0.387. The van der Waals surface area contributed by atoms with Gasteiger partial charge in [-0.1, -0.05) is 29.5 Å². The first-order valence-electron chi connectivity index (χ1n) is 5.92. The van der Waals surface area contributed by atoms with Crippen molar-refractivity contribution in [1.29, 1.82) is 0 Å². The van der Waals surface area contributed by atoms with Crippen LogP contribution in [0.4, 0.5) is 5.69 Å². The summed E-state index contributed by atoms with van der Waals surface area (Å²) >= 11 is 2.52. The summed E-state index contributed by atoms with van der Waals surface area (Å²) in [6.07, 6.45) is 0. The highest BCUT2D eigenvalue weighted by atomic mass is 32.2. The zero-order chi connectivity index (χ0) is 14.9. The van der Waals surface area contributed by atoms with Gasteiger partial charge in [0.25, 0.3) is 5.69 Å². The van der Waals surface area contributed by atoms with Crippen molar-refractivity contribution in [3.63, 3.8) is 0 Å². The van der Waals surface area contributed by atoms with E-state index in [4.69, 9.17) is 0 Å². The number of nitro groups is 1. The standard InChI is InChI=1S/C14H13NO3S2/c1-8-4-5-12(9(2)6-8)19-14-11(15(17)18)7-13(20-14)10(3)16/h4-7H,1-3H3. The number of benzene rings is 1. The van der Waals surface area contributed by atoms with Crippen LogP contribution in [0.25, 0.3) is 0 Å². The first-order valence-corrected chi connectivity index (χ1v) is 7.56. The molecule has 0 fully saturated rings. The van der Waals surface area contributed by atoms with Crippen molar-refractivity contribution in [1.82, 2.24) is 0 Å². The van der Waals surface area contributed by atoms with E-state index in [0.717, 1.165) is 16.0 Å². The number of nitrogens with zero attached hydrogens (tertiary/aromatic N) is 1. The van der Waals surface area contributed by atoms with Gasteiger partial charge in [0.05, 0.1) is 9.80 Å². The van der Waals surface area contributed by atoms with E-state index in [9.17, 15) is 14.9 Å². The molecule has 4 nitrogen and oxygen atoms in total. The van der Waals surface area contributed by atoms with Crippen molar-refractivity contribution >= 4 is 34.6 Å². The van der Waals surface area contributed by atoms with Gasteiger partial charge in [0.2, 0.25) is 0 Å². The third-order valence-electron chi connectivity index (χ3n) is 2.76. The minimum Gasteiger partial charge on any atom is -0.294 e. The lowest BCUT2D eigenvalue weighted by Crippen LogP contribution is -1.88. The number of ketones is 1. The Morgan fingerprint density at radius 2 is 2.00 bits per heavy atom. The number of hydrogen-bond donors (Lipinski definition) is 0. The van der Waals surface area contributed by atoms with Crippen LogP contribution >= 0.6 is 23.1 Å². The minimum atomic E-state index is -0.436. The van der Waals surface area contributed by atoms with E-state index in [-0.39, 0.29) is 11.5 Å². The molecule has 2 aromatic rings. The van der Waals surface area contributed by atoms with Crippen LogP contribution in [0, 0.1) is 24.0 Å². The maximum absolute atomic E-state index is 11.4. The van der Waals surface area contributed by atoms with Gasteiger partial charge < -0.3 is 0 Å². The third kappa shape index (κ3) is 3.08. The Kier molecular flexibility index (Phi) is 4.25. The Bertz CT molecular complexity index is 692. The lowest BCUT2D eigenvalue weighted by atomic mass is 10.2. The van der Waals surface area contributed by atoms with Crippen molar-refractivity contribution in [2.24, 2.45) is 0 Å². The van der Waals surface area contributed by atoms with Crippen molar-refractivity contribution in [2.75, 3.05) is 0 Å². The number of aryl methyl sites for hydroxylation is 2. The van der Waals surface area contributed by atoms with Crippen molar-refractivity contribution in [2.45, 2.75) is 29.9 Å². The Balaban J connectivity index is 2.42. The third-order valence-corrected chi connectivity index (χ3v) is 5.35. The average Bonchev–Trinajstić information content (AvgIpc) is 2.77. The Hall–Kier alpha value is -1.66. The summed E-state index contributed by atoms with van der Waals surface area (Å²) in [6, 6.07) is 7.32. The molecule has 0 aliphatic rings.